The first kappa shape index (κ1) is 12.7. The van der Waals surface area contributed by atoms with E-state index >= 15 is 0 Å². The summed E-state index contributed by atoms with van der Waals surface area (Å²) in [4.78, 5) is 13.5. The third-order valence-corrected chi connectivity index (χ3v) is 3.45. The van der Waals surface area contributed by atoms with Crippen molar-refractivity contribution >= 4 is 17.3 Å². The van der Waals surface area contributed by atoms with E-state index < -0.39 is 5.91 Å². The molecular formula is C13H19N3O2. The Bertz CT molecular complexity index is 448. The quantitative estimate of drug-likeness (QED) is 0.680. The Kier molecular flexibility index (Phi) is 3.72. The lowest BCUT2D eigenvalue weighted by molar-refractivity contribution is 0.100. The van der Waals surface area contributed by atoms with Crippen LogP contribution in [0.25, 0.3) is 0 Å². The first-order chi connectivity index (χ1) is 8.61. The molecule has 1 atom stereocenters. The topological polar surface area (TPSA) is 92.6 Å². The van der Waals surface area contributed by atoms with Crippen molar-refractivity contribution in [3.05, 3.63) is 23.8 Å². The number of anilines is 2. The largest absolute Gasteiger partial charge is 0.399 e. The minimum atomic E-state index is -0.435. The average Bonchev–Trinajstić information content (AvgIpc) is 2.77. The Morgan fingerprint density at radius 2 is 2.28 bits per heavy atom. The molecule has 1 aromatic rings. The smallest absolute Gasteiger partial charge is 0.250 e. The summed E-state index contributed by atoms with van der Waals surface area (Å²) < 4.78 is 0. The minimum Gasteiger partial charge on any atom is -0.399 e. The van der Waals surface area contributed by atoms with E-state index in [1.165, 1.54) is 0 Å². The van der Waals surface area contributed by atoms with Crippen LogP contribution in [0.2, 0.25) is 0 Å². The van der Waals surface area contributed by atoms with E-state index in [4.69, 9.17) is 16.6 Å². The van der Waals surface area contributed by atoms with Crippen molar-refractivity contribution in [2.75, 3.05) is 30.3 Å². The monoisotopic (exact) mass is 249 g/mol. The van der Waals surface area contributed by atoms with Gasteiger partial charge in [0, 0.05) is 25.4 Å². The summed E-state index contributed by atoms with van der Waals surface area (Å²) in [6.07, 6.45) is 1.82. The number of carbonyl (C=O) groups is 1. The zero-order chi connectivity index (χ0) is 13.1. The molecule has 5 N–H and O–H groups in total. The summed E-state index contributed by atoms with van der Waals surface area (Å²) in [5.74, 6) is 0.0350. The van der Waals surface area contributed by atoms with Crippen LogP contribution in [0, 0.1) is 5.92 Å². The Hall–Kier alpha value is -1.75. The van der Waals surface area contributed by atoms with Gasteiger partial charge in [0.25, 0.3) is 5.91 Å². The summed E-state index contributed by atoms with van der Waals surface area (Å²) in [6.45, 7) is 1.91. The van der Waals surface area contributed by atoms with Gasteiger partial charge in [0.1, 0.15) is 0 Å². The molecule has 0 saturated carbocycles. The van der Waals surface area contributed by atoms with Gasteiger partial charge in [0.15, 0.2) is 0 Å². The van der Waals surface area contributed by atoms with Crippen LogP contribution in [0.5, 0.6) is 0 Å². The molecule has 0 spiro atoms. The van der Waals surface area contributed by atoms with Gasteiger partial charge in [-0.2, -0.15) is 0 Å². The molecule has 1 aliphatic heterocycles. The maximum atomic E-state index is 11.4. The van der Waals surface area contributed by atoms with Crippen molar-refractivity contribution in [3.63, 3.8) is 0 Å². The fourth-order valence-electron chi connectivity index (χ4n) is 2.49. The van der Waals surface area contributed by atoms with Crippen LogP contribution in [-0.4, -0.2) is 30.7 Å². The van der Waals surface area contributed by atoms with E-state index in [0.29, 0.717) is 17.2 Å². The van der Waals surface area contributed by atoms with Crippen LogP contribution >= 0.6 is 0 Å². The van der Waals surface area contributed by atoms with E-state index in [9.17, 15) is 4.79 Å². The molecule has 5 heteroatoms. The van der Waals surface area contributed by atoms with Gasteiger partial charge < -0.3 is 21.5 Å². The Labute approximate surface area is 106 Å². The number of primary amides is 1. The molecule has 1 fully saturated rings. The summed E-state index contributed by atoms with van der Waals surface area (Å²) in [5.41, 5.74) is 13.1. The van der Waals surface area contributed by atoms with Crippen LogP contribution in [0.3, 0.4) is 0 Å². The van der Waals surface area contributed by atoms with Crippen LogP contribution in [0.15, 0.2) is 18.2 Å². The maximum Gasteiger partial charge on any atom is 0.250 e. The SMILES string of the molecule is NC(=O)c1ccc(N)cc1N1CCC(CCO)C1. The van der Waals surface area contributed by atoms with Gasteiger partial charge in [-0.3, -0.25) is 4.79 Å². The van der Waals surface area contributed by atoms with Crippen LogP contribution in [0.1, 0.15) is 23.2 Å². The number of benzene rings is 1. The van der Waals surface area contributed by atoms with Gasteiger partial charge in [0.2, 0.25) is 0 Å². The molecule has 0 radical (unpaired) electrons. The maximum absolute atomic E-state index is 11.4. The number of carbonyl (C=O) groups excluding carboxylic acids is 1. The second kappa shape index (κ2) is 5.27. The zero-order valence-electron chi connectivity index (χ0n) is 10.3. The minimum absolute atomic E-state index is 0.206. The van der Waals surface area contributed by atoms with E-state index in [1.807, 2.05) is 0 Å². The lowest BCUT2D eigenvalue weighted by Gasteiger charge is -2.21. The molecule has 0 aliphatic carbocycles. The second-order valence-electron chi connectivity index (χ2n) is 4.75. The number of hydrogen-bond acceptors (Lipinski definition) is 4. The molecule has 0 bridgehead atoms. The van der Waals surface area contributed by atoms with Gasteiger partial charge >= 0.3 is 0 Å². The highest BCUT2D eigenvalue weighted by molar-refractivity contribution is 5.99. The molecule has 18 heavy (non-hydrogen) atoms. The summed E-state index contributed by atoms with van der Waals surface area (Å²) in [7, 11) is 0. The first-order valence-electron chi connectivity index (χ1n) is 6.17. The molecular weight excluding hydrogens is 230 g/mol. The third-order valence-electron chi connectivity index (χ3n) is 3.45. The summed E-state index contributed by atoms with van der Waals surface area (Å²) in [6, 6.07) is 5.15. The lowest BCUT2D eigenvalue weighted by Crippen LogP contribution is -2.24. The molecule has 2 rings (SSSR count). The highest BCUT2D eigenvalue weighted by Crippen LogP contribution is 2.29. The fourth-order valence-corrected chi connectivity index (χ4v) is 2.49. The lowest BCUT2D eigenvalue weighted by atomic mass is 10.1. The van der Waals surface area contributed by atoms with Gasteiger partial charge in [-0.25, -0.2) is 0 Å². The van der Waals surface area contributed by atoms with Gasteiger partial charge in [0.05, 0.1) is 11.3 Å². The number of aliphatic hydroxyl groups is 1. The van der Waals surface area contributed by atoms with Crippen LogP contribution in [0.4, 0.5) is 11.4 Å². The van der Waals surface area contributed by atoms with Crippen LogP contribution < -0.4 is 16.4 Å². The molecule has 98 valence electrons. The number of hydrogen-bond donors (Lipinski definition) is 3. The van der Waals surface area contributed by atoms with Crippen LogP contribution in [-0.2, 0) is 0 Å². The molecule has 1 heterocycles. The number of nitrogen functional groups attached to an aromatic ring is 1. The predicted molar refractivity (Wildman–Crippen MR) is 71.4 cm³/mol. The highest BCUT2D eigenvalue weighted by Gasteiger charge is 2.24. The van der Waals surface area contributed by atoms with Gasteiger partial charge in [-0.1, -0.05) is 0 Å². The first-order valence-corrected chi connectivity index (χ1v) is 6.17. The van der Waals surface area contributed by atoms with E-state index in [-0.39, 0.29) is 6.61 Å². The number of rotatable bonds is 4. The number of nitrogens with two attached hydrogens (primary N) is 2. The van der Waals surface area contributed by atoms with Crippen molar-refractivity contribution in [3.8, 4) is 0 Å². The Morgan fingerprint density at radius 1 is 1.50 bits per heavy atom. The Morgan fingerprint density at radius 3 is 2.94 bits per heavy atom. The van der Waals surface area contributed by atoms with Crippen molar-refractivity contribution in [2.24, 2.45) is 11.7 Å². The van der Waals surface area contributed by atoms with Crippen molar-refractivity contribution < 1.29 is 9.90 Å². The Balaban J connectivity index is 2.23. The molecule has 1 aromatic carbocycles. The molecule has 1 aliphatic rings. The predicted octanol–water partition coefficient (Wildman–Crippen LogP) is 0.576. The second-order valence-corrected chi connectivity index (χ2v) is 4.75. The van der Waals surface area contributed by atoms with Crippen molar-refractivity contribution in [2.45, 2.75) is 12.8 Å². The van der Waals surface area contributed by atoms with Crippen molar-refractivity contribution in [1.82, 2.24) is 0 Å². The molecule has 1 amide bonds. The highest BCUT2D eigenvalue weighted by atomic mass is 16.3. The van der Waals surface area contributed by atoms with Crippen molar-refractivity contribution in [1.29, 1.82) is 0 Å². The average molecular weight is 249 g/mol. The standard InChI is InChI=1S/C13H19N3O2/c14-10-1-2-11(13(15)18)12(7-10)16-5-3-9(8-16)4-6-17/h1-2,7,9,17H,3-6,8,14H2,(H2,15,18). The zero-order valence-corrected chi connectivity index (χ0v) is 10.3. The fraction of sp³-hybridized carbons (Fsp3) is 0.462. The van der Waals surface area contributed by atoms with E-state index in [1.54, 1.807) is 18.2 Å². The number of amides is 1. The summed E-state index contributed by atoms with van der Waals surface area (Å²) >= 11 is 0. The van der Waals surface area contributed by atoms with E-state index in [0.717, 1.165) is 31.6 Å². The molecule has 5 nitrogen and oxygen atoms in total. The van der Waals surface area contributed by atoms with E-state index in [2.05, 4.69) is 4.90 Å². The molecule has 0 aromatic heterocycles. The van der Waals surface area contributed by atoms with Gasteiger partial charge in [-0.05, 0) is 37.0 Å². The number of aliphatic hydroxyl groups excluding tert-OH is 1. The third kappa shape index (κ3) is 2.56. The summed E-state index contributed by atoms with van der Waals surface area (Å²) in [5, 5.41) is 8.96. The molecule has 1 saturated heterocycles. The number of nitrogens with zero attached hydrogens (tertiary/aromatic N) is 1. The molecule has 1 unspecified atom stereocenters. The normalized spacial score (nSPS) is 19.2. The van der Waals surface area contributed by atoms with Gasteiger partial charge in [-0.15, -0.1) is 0 Å².